The lowest BCUT2D eigenvalue weighted by Crippen LogP contribution is -2.09. The quantitative estimate of drug-likeness (QED) is 0.926. The average Bonchev–Trinajstić information content (AvgIpc) is 2.58. The van der Waals surface area contributed by atoms with Gasteiger partial charge >= 0.3 is 0 Å². The monoisotopic (exact) mass is 301 g/mol. The fourth-order valence-electron chi connectivity index (χ4n) is 1.46. The molecule has 2 aromatic heterocycles. The minimum atomic E-state index is -0.893. The van der Waals surface area contributed by atoms with Gasteiger partial charge < -0.3 is 5.11 Å². The number of aromatic nitrogens is 3. The highest BCUT2D eigenvalue weighted by Gasteiger charge is 2.21. The molecular formula is C10H9BrClN3O. The van der Waals surface area contributed by atoms with Crippen molar-refractivity contribution in [1.29, 1.82) is 0 Å². The van der Waals surface area contributed by atoms with Gasteiger partial charge in [-0.3, -0.25) is 9.67 Å². The highest BCUT2D eigenvalue weighted by Crippen LogP contribution is 2.30. The molecule has 0 fully saturated rings. The van der Waals surface area contributed by atoms with Crippen molar-refractivity contribution >= 4 is 27.5 Å². The zero-order chi connectivity index (χ0) is 11.7. The maximum atomic E-state index is 10.2. The van der Waals surface area contributed by atoms with Crippen LogP contribution in [0.4, 0.5) is 0 Å². The van der Waals surface area contributed by atoms with Crippen molar-refractivity contribution in [3.8, 4) is 0 Å². The molecule has 0 aliphatic rings. The van der Waals surface area contributed by atoms with Crippen LogP contribution in [0, 0.1) is 0 Å². The Kier molecular flexibility index (Phi) is 3.28. The van der Waals surface area contributed by atoms with Gasteiger partial charge in [-0.2, -0.15) is 5.10 Å². The maximum absolute atomic E-state index is 10.2. The summed E-state index contributed by atoms with van der Waals surface area (Å²) in [6, 6.07) is 3.41. The predicted molar refractivity (Wildman–Crippen MR) is 64.2 cm³/mol. The topological polar surface area (TPSA) is 50.9 Å². The van der Waals surface area contributed by atoms with Crippen molar-refractivity contribution in [3.05, 3.63) is 45.4 Å². The SMILES string of the molecule is Cn1ncc(Br)c1C(O)c1ncccc1Cl. The van der Waals surface area contributed by atoms with Crippen molar-refractivity contribution in [2.45, 2.75) is 6.10 Å². The zero-order valence-electron chi connectivity index (χ0n) is 8.43. The molecule has 0 aromatic carbocycles. The number of aryl methyl sites for hydroxylation is 1. The second-order valence-corrected chi connectivity index (χ2v) is 4.54. The van der Waals surface area contributed by atoms with Gasteiger partial charge in [0.1, 0.15) is 6.10 Å². The van der Waals surface area contributed by atoms with Gasteiger partial charge in [0, 0.05) is 13.2 Å². The number of aliphatic hydroxyl groups is 1. The molecule has 0 aliphatic heterocycles. The number of pyridine rings is 1. The molecule has 0 spiro atoms. The van der Waals surface area contributed by atoms with Crippen LogP contribution in [0.1, 0.15) is 17.5 Å². The summed E-state index contributed by atoms with van der Waals surface area (Å²) in [6.07, 6.45) is 2.32. The number of rotatable bonds is 2. The van der Waals surface area contributed by atoms with Gasteiger partial charge in [0.05, 0.1) is 27.1 Å². The standard InChI is InChI=1S/C10H9BrClN3O/c1-15-9(6(11)5-14-15)10(16)8-7(12)3-2-4-13-8/h2-5,10,16H,1H3. The molecule has 4 nitrogen and oxygen atoms in total. The maximum Gasteiger partial charge on any atom is 0.140 e. The Morgan fingerprint density at radius 3 is 2.88 bits per heavy atom. The number of halogens is 2. The molecule has 0 bridgehead atoms. The lowest BCUT2D eigenvalue weighted by atomic mass is 10.1. The highest BCUT2D eigenvalue weighted by molar-refractivity contribution is 9.10. The molecule has 6 heteroatoms. The molecule has 1 N–H and O–H groups in total. The largest absolute Gasteiger partial charge is 0.380 e. The smallest absolute Gasteiger partial charge is 0.140 e. The van der Waals surface area contributed by atoms with Gasteiger partial charge in [-0.05, 0) is 28.1 Å². The average molecular weight is 303 g/mol. The van der Waals surface area contributed by atoms with Crippen LogP contribution in [-0.2, 0) is 7.05 Å². The minimum absolute atomic E-state index is 0.425. The number of nitrogens with zero attached hydrogens (tertiary/aromatic N) is 3. The lowest BCUT2D eigenvalue weighted by molar-refractivity contribution is 0.204. The van der Waals surface area contributed by atoms with Crippen molar-refractivity contribution < 1.29 is 5.11 Å². The first-order chi connectivity index (χ1) is 7.61. The molecule has 0 aliphatic carbocycles. The van der Waals surface area contributed by atoms with Crippen LogP contribution < -0.4 is 0 Å². The molecular weight excluding hydrogens is 293 g/mol. The minimum Gasteiger partial charge on any atom is -0.380 e. The van der Waals surface area contributed by atoms with Crippen molar-refractivity contribution in [2.75, 3.05) is 0 Å². The summed E-state index contributed by atoms with van der Waals surface area (Å²) in [4.78, 5) is 4.07. The molecule has 0 saturated carbocycles. The molecule has 1 atom stereocenters. The molecule has 0 amide bonds. The number of hydrogen-bond acceptors (Lipinski definition) is 3. The Morgan fingerprint density at radius 2 is 2.31 bits per heavy atom. The van der Waals surface area contributed by atoms with Crippen LogP contribution in [0.2, 0.25) is 5.02 Å². The normalized spacial score (nSPS) is 12.8. The Hall–Kier alpha value is -0.910. The summed E-state index contributed by atoms with van der Waals surface area (Å²) in [5.74, 6) is 0. The lowest BCUT2D eigenvalue weighted by Gasteiger charge is -2.12. The molecule has 0 saturated heterocycles. The van der Waals surface area contributed by atoms with E-state index in [1.54, 1.807) is 36.3 Å². The van der Waals surface area contributed by atoms with E-state index in [4.69, 9.17) is 11.6 Å². The number of hydrogen-bond donors (Lipinski definition) is 1. The third-order valence-corrected chi connectivity index (χ3v) is 3.17. The third kappa shape index (κ3) is 1.98. The van der Waals surface area contributed by atoms with Gasteiger partial charge in [-0.15, -0.1) is 0 Å². The van der Waals surface area contributed by atoms with Crippen LogP contribution >= 0.6 is 27.5 Å². The van der Waals surface area contributed by atoms with E-state index in [2.05, 4.69) is 26.0 Å². The second kappa shape index (κ2) is 4.53. The van der Waals surface area contributed by atoms with Crippen LogP contribution in [0.5, 0.6) is 0 Å². The van der Waals surface area contributed by atoms with Gasteiger partial charge in [0.2, 0.25) is 0 Å². The summed E-state index contributed by atoms with van der Waals surface area (Å²) in [5.41, 5.74) is 1.05. The fourth-order valence-corrected chi connectivity index (χ4v) is 2.25. The second-order valence-electron chi connectivity index (χ2n) is 3.27. The highest BCUT2D eigenvalue weighted by atomic mass is 79.9. The predicted octanol–water partition coefficient (Wildman–Crippen LogP) is 2.31. The summed E-state index contributed by atoms with van der Waals surface area (Å²) < 4.78 is 2.31. The Bertz CT molecular complexity index is 495. The van der Waals surface area contributed by atoms with Crippen molar-refractivity contribution in [3.63, 3.8) is 0 Å². The molecule has 16 heavy (non-hydrogen) atoms. The van der Waals surface area contributed by atoms with Crippen LogP contribution in [0.3, 0.4) is 0 Å². The molecule has 1 unspecified atom stereocenters. The summed E-state index contributed by atoms with van der Waals surface area (Å²) >= 11 is 9.30. The van der Waals surface area contributed by atoms with Crippen LogP contribution in [-0.4, -0.2) is 19.9 Å². The Morgan fingerprint density at radius 1 is 1.56 bits per heavy atom. The molecule has 84 valence electrons. The van der Waals surface area contributed by atoms with Gasteiger partial charge in [-0.1, -0.05) is 11.6 Å². The van der Waals surface area contributed by atoms with Gasteiger partial charge in [0.15, 0.2) is 0 Å². The van der Waals surface area contributed by atoms with E-state index < -0.39 is 6.10 Å². The summed E-state index contributed by atoms with van der Waals surface area (Å²) in [5, 5.41) is 14.7. The fraction of sp³-hybridized carbons (Fsp3) is 0.200. The Labute approximate surface area is 106 Å². The van der Waals surface area contributed by atoms with Crippen molar-refractivity contribution in [1.82, 2.24) is 14.8 Å². The first-order valence-corrected chi connectivity index (χ1v) is 5.74. The van der Waals surface area contributed by atoms with E-state index in [0.29, 0.717) is 16.4 Å². The number of aliphatic hydroxyl groups excluding tert-OH is 1. The summed E-state index contributed by atoms with van der Waals surface area (Å²) in [7, 11) is 1.75. The van der Waals surface area contributed by atoms with E-state index in [-0.39, 0.29) is 0 Å². The van der Waals surface area contributed by atoms with Crippen molar-refractivity contribution in [2.24, 2.45) is 7.05 Å². The van der Waals surface area contributed by atoms with E-state index >= 15 is 0 Å². The summed E-state index contributed by atoms with van der Waals surface area (Å²) in [6.45, 7) is 0. The molecule has 0 radical (unpaired) electrons. The third-order valence-electron chi connectivity index (χ3n) is 2.24. The van der Waals surface area contributed by atoms with Crippen LogP contribution in [0.15, 0.2) is 29.0 Å². The van der Waals surface area contributed by atoms with Gasteiger partial charge in [-0.25, -0.2) is 0 Å². The van der Waals surface area contributed by atoms with E-state index in [1.807, 2.05) is 0 Å². The van der Waals surface area contributed by atoms with E-state index in [9.17, 15) is 5.11 Å². The van der Waals surface area contributed by atoms with E-state index in [1.165, 1.54) is 0 Å². The van der Waals surface area contributed by atoms with Gasteiger partial charge in [0.25, 0.3) is 0 Å². The van der Waals surface area contributed by atoms with E-state index in [0.717, 1.165) is 4.47 Å². The Balaban J connectivity index is 2.47. The zero-order valence-corrected chi connectivity index (χ0v) is 10.8. The molecule has 2 rings (SSSR count). The molecule has 2 aromatic rings. The van der Waals surface area contributed by atoms with Crippen LogP contribution in [0.25, 0.3) is 0 Å². The first kappa shape index (κ1) is 11.6. The molecule has 2 heterocycles. The first-order valence-electron chi connectivity index (χ1n) is 4.57.